The first kappa shape index (κ1) is 21.5. The summed E-state index contributed by atoms with van der Waals surface area (Å²) in [7, 11) is 1.28. The van der Waals surface area contributed by atoms with Gasteiger partial charge in [-0.25, -0.2) is 0 Å². The molecule has 29 heavy (non-hydrogen) atoms. The lowest BCUT2D eigenvalue weighted by Gasteiger charge is -2.22. The van der Waals surface area contributed by atoms with Crippen molar-refractivity contribution >= 4 is 29.1 Å². The van der Waals surface area contributed by atoms with Crippen LogP contribution in [0.4, 0.5) is 8.78 Å². The van der Waals surface area contributed by atoms with Crippen LogP contribution < -0.4 is 19.5 Å². The minimum Gasteiger partial charge on any atom is -0.496 e. The molecule has 11 heteroatoms. The van der Waals surface area contributed by atoms with Gasteiger partial charge in [0.15, 0.2) is 11.5 Å². The van der Waals surface area contributed by atoms with E-state index in [0.717, 1.165) is 24.0 Å². The summed E-state index contributed by atoms with van der Waals surface area (Å²) in [6, 6.07) is 2.43. The molecule has 1 aromatic carbocycles. The highest BCUT2D eigenvalue weighted by Crippen LogP contribution is 2.38. The Morgan fingerprint density at radius 2 is 2.03 bits per heavy atom. The Kier molecular flexibility index (Phi) is 6.71. The van der Waals surface area contributed by atoms with Crippen LogP contribution in [0.3, 0.4) is 0 Å². The number of ether oxygens (including phenoxy) is 3. The molecule has 1 aromatic rings. The number of nitrogens with one attached hydrogen (secondary N) is 1. The zero-order chi connectivity index (χ0) is 21.1. The van der Waals surface area contributed by atoms with E-state index in [4.69, 9.17) is 32.7 Å². The number of amides is 1. The third-order valence-corrected chi connectivity index (χ3v) is 4.80. The number of rotatable bonds is 8. The maximum Gasteiger partial charge on any atom is 0.387 e. The number of hydroxylamine groups is 2. The van der Waals surface area contributed by atoms with E-state index in [9.17, 15) is 18.8 Å². The van der Waals surface area contributed by atoms with Gasteiger partial charge >= 0.3 is 6.61 Å². The summed E-state index contributed by atoms with van der Waals surface area (Å²) in [6.45, 7) is -2.81. The summed E-state index contributed by atoms with van der Waals surface area (Å²) in [6.07, 6.45) is 3.17. The number of allylic oxidation sites excluding steroid dienone is 1. The third-order valence-electron chi connectivity index (χ3n) is 4.21. The Hall–Kier alpha value is -2.23. The topological polar surface area (TPSA) is 80.3 Å². The number of hydrogen-bond acceptors (Lipinski definition) is 6. The molecule has 1 saturated carbocycles. The summed E-state index contributed by atoms with van der Waals surface area (Å²) in [5.74, 6) is -0.556. The fourth-order valence-electron chi connectivity index (χ4n) is 2.58. The first-order valence-corrected chi connectivity index (χ1v) is 9.37. The predicted octanol–water partition coefficient (Wildman–Crippen LogP) is 4.05. The zero-order valence-electron chi connectivity index (χ0n) is 15.3. The van der Waals surface area contributed by atoms with Crippen LogP contribution in [0.15, 0.2) is 34.1 Å². The van der Waals surface area contributed by atoms with E-state index in [2.05, 4.69) is 10.1 Å². The van der Waals surface area contributed by atoms with Crippen LogP contribution in [0, 0.1) is 5.92 Å². The fraction of sp³-hybridized carbons (Fsp3) is 0.389. The first-order chi connectivity index (χ1) is 13.8. The maximum absolute atomic E-state index is 12.8. The zero-order valence-corrected chi connectivity index (χ0v) is 16.8. The molecular formula is C18H18Cl2F2N2O5. The van der Waals surface area contributed by atoms with Gasteiger partial charge in [0.2, 0.25) is 0 Å². The number of halogens is 4. The van der Waals surface area contributed by atoms with Gasteiger partial charge in [-0.05, 0) is 18.8 Å². The standard InChI is InChI=1S/C18H18Cl2F2N2O5/c1-27-13-5-15(29-18(21)22)14(28-8-9-2-3-9)4-10(13)17(25)23-16-11(19)6-24(26)7-12(16)20/h4-6,9,18,26H,2-3,7-8H2,1H3,(H,23,25). The smallest absolute Gasteiger partial charge is 0.387 e. The van der Waals surface area contributed by atoms with E-state index in [1.165, 1.54) is 19.4 Å². The SMILES string of the molecule is COc1cc(OC(F)F)c(OCC2CC2)cc1C(=O)NC1=C(Cl)CN(O)C=C1Cl. The van der Waals surface area contributed by atoms with Gasteiger partial charge in [0.1, 0.15) is 5.75 Å². The molecule has 7 nitrogen and oxygen atoms in total. The van der Waals surface area contributed by atoms with Crippen molar-refractivity contribution in [1.29, 1.82) is 0 Å². The van der Waals surface area contributed by atoms with Gasteiger partial charge in [0.25, 0.3) is 5.91 Å². The van der Waals surface area contributed by atoms with Crippen molar-refractivity contribution in [3.05, 3.63) is 39.7 Å². The molecule has 0 atom stereocenters. The molecule has 1 aliphatic heterocycles. The number of hydrogen-bond donors (Lipinski definition) is 2. The van der Waals surface area contributed by atoms with E-state index >= 15 is 0 Å². The van der Waals surface area contributed by atoms with E-state index in [-0.39, 0.29) is 45.1 Å². The van der Waals surface area contributed by atoms with Gasteiger partial charge in [-0.1, -0.05) is 23.2 Å². The van der Waals surface area contributed by atoms with Gasteiger partial charge in [0, 0.05) is 18.3 Å². The lowest BCUT2D eigenvalue weighted by molar-refractivity contribution is -0.0516. The highest BCUT2D eigenvalue weighted by Gasteiger charge is 2.26. The molecule has 0 aromatic heterocycles. The fourth-order valence-corrected chi connectivity index (χ4v) is 3.17. The largest absolute Gasteiger partial charge is 0.496 e. The number of carbonyl (C=O) groups excluding carboxylic acids is 1. The highest BCUT2D eigenvalue weighted by molar-refractivity contribution is 6.36. The van der Waals surface area contributed by atoms with Crippen LogP contribution in [-0.2, 0) is 0 Å². The van der Waals surface area contributed by atoms with Crippen molar-refractivity contribution < 1.29 is 33.0 Å². The molecule has 3 rings (SSSR count). The average Bonchev–Trinajstić information content (AvgIpc) is 3.47. The molecule has 2 aliphatic rings. The highest BCUT2D eigenvalue weighted by atomic mass is 35.5. The summed E-state index contributed by atoms with van der Waals surface area (Å²) in [5, 5.41) is 12.9. The number of carbonyl (C=O) groups is 1. The number of nitrogens with zero attached hydrogens (tertiary/aromatic N) is 1. The summed E-state index contributed by atoms with van der Waals surface area (Å²) in [5.41, 5.74) is 0.117. The number of benzene rings is 1. The number of methoxy groups -OCH3 is 1. The van der Waals surface area contributed by atoms with Crippen molar-refractivity contribution in [2.24, 2.45) is 5.92 Å². The molecule has 0 bridgehead atoms. The maximum atomic E-state index is 12.8. The Labute approximate surface area is 175 Å². The molecule has 1 heterocycles. The van der Waals surface area contributed by atoms with Crippen LogP contribution in [0.5, 0.6) is 17.2 Å². The Balaban J connectivity index is 1.89. The van der Waals surface area contributed by atoms with E-state index in [1.807, 2.05) is 0 Å². The van der Waals surface area contributed by atoms with E-state index in [1.54, 1.807) is 0 Å². The van der Waals surface area contributed by atoms with Crippen molar-refractivity contribution in [2.75, 3.05) is 20.3 Å². The molecule has 2 N–H and O–H groups in total. The first-order valence-electron chi connectivity index (χ1n) is 8.61. The minimum absolute atomic E-state index is 0.00459. The molecule has 158 valence electrons. The van der Waals surface area contributed by atoms with Crippen LogP contribution >= 0.6 is 23.2 Å². The van der Waals surface area contributed by atoms with Gasteiger partial charge in [-0.2, -0.15) is 8.78 Å². The second-order valence-electron chi connectivity index (χ2n) is 6.44. The van der Waals surface area contributed by atoms with Crippen LogP contribution in [0.25, 0.3) is 0 Å². The summed E-state index contributed by atoms with van der Waals surface area (Å²) < 4.78 is 40.8. The van der Waals surface area contributed by atoms with Crippen LogP contribution in [-0.4, -0.2) is 43.1 Å². The summed E-state index contributed by atoms with van der Waals surface area (Å²) in [4.78, 5) is 12.8. The Morgan fingerprint density at radius 3 is 2.62 bits per heavy atom. The second kappa shape index (κ2) is 9.06. The molecule has 0 unspecified atom stereocenters. The normalized spacial score (nSPS) is 16.7. The van der Waals surface area contributed by atoms with Crippen molar-refractivity contribution in [2.45, 2.75) is 19.5 Å². The molecule has 0 radical (unpaired) electrons. The van der Waals surface area contributed by atoms with Gasteiger partial charge < -0.3 is 19.5 Å². The quantitative estimate of drug-likeness (QED) is 0.621. The van der Waals surface area contributed by atoms with Crippen LogP contribution in [0.1, 0.15) is 23.2 Å². The van der Waals surface area contributed by atoms with E-state index < -0.39 is 12.5 Å². The molecule has 1 aliphatic carbocycles. The van der Waals surface area contributed by atoms with Gasteiger partial charge in [-0.3, -0.25) is 15.1 Å². The Bertz CT molecular complexity index is 859. The van der Waals surface area contributed by atoms with Crippen LogP contribution in [0.2, 0.25) is 0 Å². The van der Waals surface area contributed by atoms with Gasteiger partial charge in [-0.15, -0.1) is 0 Å². The third kappa shape index (κ3) is 5.43. The molecule has 0 spiro atoms. The minimum atomic E-state index is -3.07. The van der Waals surface area contributed by atoms with Crippen molar-refractivity contribution in [3.63, 3.8) is 0 Å². The average molecular weight is 451 g/mol. The molecular weight excluding hydrogens is 433 g/mol. The predicted molar refractivity (Wildman–Crippen MR) is 101 cm³/mol. The monoisotopic (exact) mass is 450 g/mol. The molecule has 1 amide bonds. The second-order valence-corrected chi connectivity index (χ2v) is 7.30. The molecule has 0 saturated heterocycles. The summed E-state index contributed by atoms with van der Waals surface area (Å²) >= 11 is 12.1. The number of alkyl halides is 2. The Morgan fingerprint density at radius 1 is 1.31 bits per heavy atom. The van der Waals surface area contributed by atoms with E-state index in [0.29, 0.717) is 12.5 Å². The lowest BCUT2D eigenvalue weighted by Crippen LogP contribution is -2.29. The van der Waals surface area contributed by atoms with Crippen molar-refractivity contribution in [1.82, 2.24) is 10.4 Å². The molecule has 1 fully saturated rings. The van der Waals surface area contributed by atoms with Gasteiger partial charge in [0.05, 0.1) is 41.6 Å². The van der Waals surface area contributed by atoms with Crippen molar-refractivity contribution in [3.8, 4) is 17.2 Å². The lowest BCUT2D eigenvalue weighted by atomic mass is 10.1.